The predicted octanol–water partition coefficient (Wildman–Crippen LogP) is 2.12. The highest BCUT2D eigenvalue weighted by Crippen LogP contribution is 2.14. The second-order valence-corrected chi connectivity index (χ2v) is 3.97. The number of aliphatic hydroxyl groups is 1. The molecule has 16 heavy (non-hydrogen) atoms. The summed E-state index contributed by atoms with van der Waals surface area (Å²) in [6, 6.07) is 7.87. The second-order valence-electron chi connectivity index (χ2n) is 3.97. The van der Waals surface area contributed by atoms with Gasteiger partial charge in [-0.15, -0.1) is 0 Å². The van der Waals surface area contributed by atoms with Crippen molar-refractivity contribution in [1.82, 2.24) is 0 Å². The SMILES string of the molecule is Cc1ccc(N(C)C(=O)CCCCO)cc1. The number of hydrogen-bond donors (Lipinski definition) is 1. The first-order valence-electron chi connectivity index (χ1n) is 5.59. The van der Waals surface area contributed by atoms with Gasteiger partial charge in [0.25, 0.3) is 0 Å². The number of carbonyl (C=O) groups is 1. The number of carbonyl (C=O) groups excluding carboxylic acids is 1. The minimum absolute atomic E-state index is 0.0947. The minimum atomic E-state index is 0.0947. The van der Waals surface area contributed by atoms with E-state index in [0.717, 1.165) is 12.1 Å². The first-order valence-corrected chi connectivity index (χ1v) is 5.59. The molecule has 1 aromatic rings. The maximum absolute atomic E-state index is 11.7. The van der Waals surface area contributed by atoms with Crippen molar-refractivity contribution >= 4 is 11.6 Å². The lowest BCUT2D eigenvalue weighted by atomic mass is 10.2. The van der Waals surface area contributed by atoms with Crippen LogP contribution in [-0.4, -0.2) is 24.7 Å². The van der Waals surface area contributed by atoms with Gasteiger partial charge in [-0.05, 0) is 31.9 Å². The molecule has 0 fully saturated rings. The number of aliphatic hydroxyl groups excluding tert-OH is 1. The molecular formula is C13H19NO2. The van der Waals surface area contributed by atoms with Crippen LogP contribution in [0.4, 0.5) is 5.69 Å². The van der Waals surface area contributed by atoms with Gasteiger partial charge in [-0.2, -0.15) is 0 Å². The van der Waals surface area contributed by atoms with Crippen molar-refractivity contribution in [2.24, 2.45) is 0 Å². The van der Waals surface area contributed by atoms with Crippen LogP contribution in [0.5, 0.6) is 0 Å². The van der Waals surface area contributed by atoms with Gasteiger partial charge in [-0.25, -0.2) is 0 Å². The van der Waals surface area contributed by atoms with Crippen LogP contribution in [0, 0.1) is 6.92 Å². The summed E-state index contributed by atoms with van der Waals surface area (Å²) in [5.74, 6) is 0.0947. The monoisotopic (exact) mass is 221 g/mol. The van der Waals surface area contributed by atoms with E-state index >= 15 is 0 Å². The molecule has 0 spiro atoms. The van der Waals surface area contributed by atoms with Gasteiger partial charge in [-0.1, -0.05) is 17.7 Å². The highest BCUT2D eigenvalue weighted by molar-refractivity contribution is 5.92. The van der Waals surface area contributed by atoms with Crippen LogP contribution < -0.4 is 4.90 Å². The summed E-state index contributed by atoms with van der Waals surface area (Å²) in [6.45, 7) is 2.17. The highest BCUT2D eigenvalue weighted by atomic mass is 16.3. The van der Waals surface area contributed by atoms with Gasteiger partial charge < -0.3 is 10.0 Å². The topological polar surface area (TPSA) is 40.5 Å². The molecule has 0 radical (unpaired) electrons. The van der Waals surface area contributed by atoms with Crippen molar-refractivity contribution in [3.05, 3.63) is 29.8 Å². The standard InChI is InChI=1S/C13H19NO2/c1-11-6-8-12(9-7-11)14(2)13(16)5-3-4-10-15/h6-9,15H,3-5,10H2,1-2H3. The number of unbranched alkanes of at least 4 members (excludes halogenated alkanes) is 1. The molecule has 1 amide bonds. The van der Waals surface area contributed by atoms with Gasteiger partial charge >= 0.3 is 0 Å². The molecule has 0 unspecified atom stereocenters. The molecule has 0 heterocycles. The van der Waals surface area contributed by atoms with E-state index in [1.807, 2.05) is 31.2 Å². The smallest absolute Gasteiger partial charge is 0.226 e. The first-order chi connectivity index (χ1) is 7.65. The number of rotatable bonds is 5. The fourth-order valence-corrected chi connectivity index (χ4v) is 1.47. The number of amides is 1. The zero-order chi connectivity index (χ0) is 12.0. The minimum Gasteiger partial charge on any atom is -0.396 e. The van der Waals surface area contributed by atoms with Gasteiger partial charge in [-0.3, -0.25) is 4.79 Å². The summed E-state index contributed by atoms with van der Waals surface area (Å²) >= 11 is 0. The van der Waals surface area contributed by atoms with E-state index in [0.29, 0.717) is 12.8 Å². The molecule has 0 atom stereocenters. The fraction of sp³-hybridized carbons (Fsp3) is 0.462. The van der Waals surface area contributed by atoms with Crippen LogP contribution in [0.3, 0.4) is 0 Å². The van der Waals surface area contributed by atoms with Crippen LogP contribution in [0.1, 0.15) is 24.8 Å². The Labute approximate surface area is 96.7 Å². The number of anilines is 1. The van der Waals surface area contributed by atoms with E-state index in [4.69, 9.17) is 5.11 Å². The van der Waals surface area contributed by atoms with Gasteiger partial charge in [0.05, 0.1) is 0 Å². The zero-order valence-electron chi connectivity index (χ0n) is 9.94. The third-order valence-corrected chi connectivity index (χ3v) is 2.59. The molecule has 0 saturated heterocycles. The quantitative estimate of drug-likeness (QED) is 0.774. The molecule has 0 aliphatic heterocycles. The summed E-state index contributed by atoms with van der Waals surface area (Å²) in [7, 11) is 1.78. The lowest BCUT2D eigenvalue weighted by molar-refractivity contribution is -0.118. The summed E-state index contributed by atoms with van der Waals surface area (Å²) in [6.07, 6.45) is 1.92. The van der Waals surface area contributed by atoms with Crippen molar-refractivity contribution in [2.75, 3.05) is 18.6 Å². The highest BCUT2D eigenvalue weighted by Gasteiger charge is 2.09. The van der Waals surface area contributed by atoms with Crippen LogP contribution >= 0.6 is 0 Å². The molecule has 0 bridgehead atoms. The van der Waals surface area contributed by atoms with Crippen LogP contribution in [0.25, 0.3) is 0 Å². The Balaban J connectivity index is 2.53. The summed E-state index contributed by atoms with van der Waals surface area (Å²) in [5, 5.41) is 8.64. The summed E-state index contributed by atoms with van der Waals surface area (Å²) in [4.78, 5) is 13.4. The Kier molecular flexibility index (Phi) is 4.99. The average molecular weight is 221 g/mol. The van der Waals surface area contributed by atoms with Crippen molar-refractivity contribution in [1.29, 1.82) is 0 Å². The summed E-state index contributed by atoms with van der Waals surface area (Å²) in [5.41, 5.74) is 2.10. The molecule has 0 saturated carbocycles. The number of benzene rings is 1. The van der Waals surface area contributed by atoms with Gasteiger partial charge in [0.1, 0.15) is 0 Å². The molecule has 88 valence electrons. The number of hydrogen-bond acceptors (Lipinski definition) is 2. The second kappa shape index (κ2) is 6.28. The molecule has 0 aliphatic carbocycles. The maximum atomic E-state index is 11.7. The van der Waals surface area contributed by atoms with Gasteiger partial charge in [0.2, 0.25) is 5.91 Å². The van der Waals surface area contributed by atoms with Crippen molar-refractivity contribution in [3.8, 4) is 0 Å². The molecule has 3 heteroatoms. The van der Waals surface area contributed by atoms with E-state index in [2.05, 4.69) is 0 Å². The number of aryl methyl sites for hydroxylation is 1. The van der Waals surface area contributed by atoms with E-state index in [-0.39, 0.29) is 12.5 Å². The Hall–Kier alpha value is -1.35. The molecule has 1 N–H and O–H groups in total. The molecule has 1 aromatic carbocycles. The maximum Gasteiger partial charge on any atom is 0.226 e. The van der Waals surface area contributed by atoms with Gasteiger partial charge in [0.15, 0.2) is 0 Å². The largest absolute Gasteiger partial charge is 0.396 e. The van der Waals surface area contributed by atoms with E-state index in [1.54, 1.807) is 11.9 Å². The van der Waals surface area contributed by atoms with E-state index in [9.17, 15) is 4.79 Å². The fourth-order valence-electron chi connectivity index (χ4n) is 1.47. The molecule has 0 aromatic heterocycles. The summed E-state index contributed by atoms with van der Waals surface area (Å²) < 4.78 is 0. The first kappa shape index (κ1) is 12.7. The van der Waals surface area contributed by atoms with E-state index in [1.165, 1.54) is 5.56 Å². The Bertz CT molecular complexity index is 332. The normalized spacial score (nSPS) is 10.2. The Morgan fingerprint density at radius 2 is 1.88 bits per heavy atom. The Morgan fingerprint density at radius 1 is 1.25 bits per heavy atom. The Morgan fingerprint density at radius 3 is 2.44 bits per heavy atom. The van der Waals surface area contributed by atoms with Gasteiger partial charge in [0, 0.05) is 25.8 Å². The van der Waals surface area contributed by atoms with Crippen molar-refractivity contribution < 1.29 is 9.90 Å². The molecular weight excluding hydrogens is 202 g/mol. The third-order valence-electron chi connectivity index (χ3n) is 2.59. The van der Waals surface area contributed by atoms with E-state index < -0.39 is 0 Å². The molecule has 3 nitrogen and oxygen atoms in total. The molecule has 0 aliphatic rings. The van der Waals surface area contributed by atoms with Crippen LogP contribution in [0.15, 0.2) is 24.3 Å². The average Bonchev–Trinajstić information content (AvgIpc) is 2.29. The third kappa shape index (κ3) is 3.66. The lowest BCUT2D eigenvalue weighted by Gasteiger charge is -2.17. The van der Waals surface area contributed by atoms with Crippen LogP contribution in [-0.2, 0) is 4.79 Å². The zero-order valence-corrected chi connectivity index (χ0v) is 9.94. The van der Waals surface area contributed by atoms with Crippen molar-refractivity contribution in [3.63, 3.8) is 0 Å². The lowest BCUT2D eigenvalue weighted by Crippen LogP contribution is -2.25. The number of nitrogens with zero attached hydrogens (tertiary/aromatic N) is 1. The molecule has 1 rings (SSSR count). The van der Waals surface area contributed by atoms with Crippen molar-refractivity contribution in [2.45, 2.75) is 26.2 Å². The van der Waals surface area contributed by atoms with Crippen LogP contribution in [0.2, 0.25) is 0 Å². The predicted molar refractivity (Wildman–Crippen MR) is 65.5 cm³/mol.